The van der Waals surface area contributed by atoms with Gasteiger partial charge in [-0.3, -0.25) is 28.3 Å². The van der Waals surface area contributed by atoms with E-state index in [1.807, 2.05) is 78.9 Å². The average Bonchev–Trinajstić information content (AvgIpc) is 3.76. The van der Waals surface area contributed by atoms with Crippen LogP contribution in [0.2, 0.25) is 18.6 Å². The molecule has 1 N–H and O–H groups in total. The molecule has 5 heterocycles. The number of ether oxygens (including phenoxy) is 4. The van der Waals surface area contributed by atoms with Gasteiger partial charge in [-0.25, -0.2) is 0 Å². The third-order valence-electron chi connectivity index (χ3n) is 14.2. The van der Waals surface area contributed by atoms with Crippen LogP contribution in [0.25, 0.3) is 11.4 Å². The van der Waals surface area contributed by atoms with Crippen molar-refractivity contribution < 1.29 is 33.6 Å². The molecule has 6 aromatic rings. The van der Waals surface area contributed by atoms with E-state index in [1.165, 1.54) is 23.4 Å². The van der Waals surface area contributed by atoms with Gasteiger partial charge < -0.3 is 33.9 Å². The molecule has 3 aliphatic rings. The molecule has 3 aliphatic heterocycles. The Bertz CT molecular complexity index is 2930. The largest absolute Gasteiger partial charge is 0.497 e. The lowest BCUT2D eigenvalue weighted by molar-refractivity contribution is -0.151. The highest BCUT2D eigenvalue weighted by Crippen LogP contribution is 2.60. The SMILES string of the molecule is COc1ccc([Si](C)(C)[C@@H]2[C@@H](CC(=O)N3Cc4ccccc4C[C@H]3CO)O[C@]3(C(=O)N(Cc4ccc(-n5cccc(OC)c5=O)cc4)c4ccc(-n5cccc(OC)c5=O)cc43)[C@H]2C)cc1. The first-order chi connectivity index (χ1) is 31.8. The van der Waals surface area contributed by atoms with Crippen LogP contribution < -0.4 is 35.4 Å². The topological polar surface area (TPSA) is 142 Å². The minimum absolute atomic E-state index is 0.00917. The van der Waals surface area contributed by atoms with Gasteiger partial charge in [0.2, 0.25) is 5.91 Å². The number of aliphatic hydroxyl groups is 1. The van der Waals surface area contributed by atoms with Crippen LogP contribution in [0.3, 0.4) is 0 Å². The molecule has 0 bridgehead atoms. The Morgan fingerprint density at radius 1 is 0.773 bits per heavy atom. The molecule has 9 rings (SSSR count). The molecule has 66 heavy (non-hydrogen) atoms. The Morgan fingerprint density at radius 3 is 2.02 bits per heavy atom. The summed E-state index contributed by atoms with van der Waals surface area (Å²) < 4.78 is 26.6. The van der Waals surface area contributed by atoms with Crippen molar-refractivity contribution in [2.45, 2.75) is 69.2 Å². The van der Waals surface area contributed by atoms with Gasteiger partial charge in [-0.2, -0.15) is 0 Å². The van der Waals surface area contributed by atoms with Gasteiger partial charge in [0, 0.05) is 41.8 Å². The van der Waals surface area contributed by atoms with Crippen molar-refractivity contribution in [3.05, 3.63) is 171 Å². The molecule has 2 amide bonds. The van der Waals surface area contributed by atoms with E-state index in [4.69, 9.17) is 18.9 Å². The van der Waals surface area contributed by atoms with Gasteiger partial charge >= 0.3 is 0 Å². The van der Waals surface area contributed by atoms with Gasteiger partial charge in [0.15, 0.2) is 17.1 Å². The number of aliphatic hydroxyl groups excluding tert-OH is 1. The molecule has 1 saturated heterocycles. The van der Waals surface area contributed by atoms with E-state index in [2.05, 4.69) is 32.2 Å². The van der Waals surface area contributed by atoms with Crippen LogP contribution >= 0.6 is 0 Å². The van der Waals surface area contributed by atoms with Gasteiger partial charge in [0.05, 0.1) is 66.8 Å². The number of carbonyl (C=O) groups excluding carboxylic acids is 2. The first kappa shape index (κ1) is 44.5. The summed E-state index contributed by atoms with van der Waals surface area (Å²) in [6, 6.07) is 35.4. The maximum absolute atomic E-state index is 15.8. The van der Waals surface area contributed by atoms with Crippen LogP contribution in [-0.4, -0.2) is 79.1 Å². The second kappa shape index (κ2) is 17.6. The number of fused-ring (bicyclic) bond motifs is 3. The predicted molar refractivity (Wildman–Crippen MR) is 254 cm³/mol. The Hall–Kier alpha value is -6.74. The van der Waals surface area contributed by atoms with Crippen LogP contribution in [0.5, 0.6) is 17.2 Å². The lowest BCUT2D eigenvalue weighted by Crippen LogP contribution is -2.52. The molecular formula is C52H54N4O9Si. The van der Waals surface area contributed by atoms with Crippen LogP contribution in [0.4, 0.5) is 5.69 Å². The van der Waals surface area contributed by atoms with Gasteiger partial charge in [-0.05, 0) is 95.4 Å². The van der Waals surface area contributed by atoms with Crippen molar-refractivity contribution in [2.24, 2.45) is 5.92 Å². The molecule has 5 atom stereocenters. The summed E-state index contributed by atoms with van der Waals surface area (Å²) in [7, 11) is 1.86. The summed E-state index contributed by atoms with van der Waals surface area (Å²) in [6.07, 6.45) is 3.17. The molecule has 2 aromatic heterocycles. The highest BCUT2D eigenvalue weighted by atomic mass is 28.3. The number of benzene rings is 4. The average molecular weight is 907 g/mol. The lowest BCUT2D eigenvalue weighted by Gasteiger charge is -2.39. The van der Waals surface area contributed by atoms with Crippen molar-refractivity contribution in [3.63, 3.8) is 0 Å². The van der Waals surface area contributed by atoms with E-state index in [0.717, 1.165) is 27.6 Å². The fourth-order valence-electron chi connectivity index (χ4n) is 10.8. The molecule has 14 heteroatoms. The summed E-state index contributed by atoms with van der Waals surface area (Å²) in [6.45, 7) is 6.95. The first-order valence-electron chi connectivity index (χ1n) is 22.2. The monoisotopic (exact) mass is 906 g/mol. The van der Waals surface area contributed by atoms with Crippen LogP contribution in [-0.2, 0) is 39.4 Å². The number of methoxy groups -OCH3 is 3. The highest BCUT2D eigenvalue weighted by Gasteiger charge is 2.66. The minimum Gasteiger partial charge on any atom is -0.497 e. The van der Waals surface area contributed by atoms with E-state index < -0.39 is 31.7 Å². The molecule has 1 fully saturated rings. The lowest BCUT2D eigenvalue weighted by atomic mass is 9.82. The zero-order valence-electron chi connectivity index (χ0n) is 38.0. The second-order valence-corrected chi connectivity index (χ2v) is 22.6. The number of aromatic nitrogens is 2. The quantitative estimate of drug-likeness (QED) is 0.144. The Morgan fingerprint density at radius 2 is 1.39 bits per heavy atom. The number of hydrogen-bond acceptors (Lipinski definition) is 9. The third kappa shape index (κ3) is 7.42. The number of rotatable bonds is 12. The molecular weight excluding hydrogens is 853 g/mol. The van der Waals surface area contributed by atoms with Crippen molar-refractivity contribution in [2.75, 3.05) is 32.8 Å². The summed E-state index contributed by atoms with van der Waals surface area (Å²) in [5.74, 6) is 0.235. The first-order valence-corrected chi connectivity index (χ1v) is 25.3. The minimum atomic E-state index is -2.68. The molecule has 0 radical (unpaired) electrons. The zero-order chi connectivity index (χ0) is 46.5. The van der Waals surface area contributed by atoms with Gasteiger partial charge in [-0.1, -0.05) is 73.7 Å². The van der Waals surface area contributed by atoms with Crippen molar-refractivity contribution in [3.8, 4) is 28.6 Å². The van der Waals surface area contributed by atoms with E-state index >= 15 is 4.79 Å². The molecule has 0 saturated carbocycles. The summed E-state index contributed by atoms with van der Waals surface area (Å²) in [5.41, 5.74) is 2.87. The van der Waals surface area contributed by atoms with E-state index in [-0.39, 0.29) is 59.5 Å². The second-order valence-electron chi connectivity index (χ2n) is 18.0. The molecule has 340 valence electrons. The van der Waals surface area contributed by atoms with Gasteiger partial charge in [0.25, 0.3) is 17.0 Å². The summed E-state index contributed by atoms with van der Waals surface area (Å²) in [4.78, 5) is 61.0. The highest BCUT2D eigenvalue weighted by molar-refractivity contribution is 6.91. The maximum Gasteiger partial charge on any atom is 0.297 e. The predicted octanol–water partition coefficient (Wildman–Crippen LogP) is 6.11. The Kier molecular flexibility index (Phi) is 11.8. The molecule has 13 nitrogen and oxygen atoms in total. The standard InChI is InChI=1S/C52H54N4O9Si/c1-33-48(66(5,6)41-22-20-40(62-2)21-23-41)46(29-47(58)55-31-36-12-8-7-11-35(36)27-39(55)32-57)65-52(33)42-28-38(54-26-10-14-45(64-4)50(54)60)19-24-43(42)56(51(52)61)30-34-15-17-37(18-16-34)53-25-9-13-44(63-3)49(53)59/h7-26,28,33,39,46,48,57H,27,29-32H2,1-6H3/t33-,39-,46+,48-,52+/m0/s1. The molecule has 0 unspecified atom stereocenters. The van der Waals surface area contributed by atoms with Gasteiger partial charge in [-0.15, -0.1) is 0 Å². The smallest absolute Gasteiger partial charge is 0.297 e. The Balaban J connectivity index is 1.16. The van der Waals surface area contributed by atoms with Crippen LogP contribution in [0.15, 0.2) is 137 Å². The summed E-state index contributed by atoms with van der Waals surface area (Å²) >= 11 is 0. The van der Waals surface area contributed by atoms with Gasteiger partial charge in [0.1, 0.15) is 5.75 Å². The zero-order valence-corrected chi connectivity index (χ0v) is 39.0. The number of carbonyl (C=O) groups is 2. The van der Waals surface area contributed by atoms with Crippen molar-refractivity contribution >= 4 is 30.8 Å². The fraction of sp³-hybridized carbons (Fsp3) is 0.308. The van der Waals surface area contributed by atoms with Crippen molar-refractivity contribution in [1.82, 2.24) is 14.0 Å². The fourth-order valence-corrected chi connectivity index (χ4v) is 14.8. The van der Waals surface area contributed by atoms with Crippen LogP contribution in [0.1, 0.15) is 35.6 Å². The van der Waals surface area contributed by atoms with E-state index in [0.29, 0.717) is 35.6 Å². The number of nitrogens with zero attached hydrogens (tertiary/aromatic N) is 4. The summed E-state index contributed by atoms with van der Waals surface area (Å²) in [5, 5.41) is 11.7. The number of hydrogen-bond donors (Lipinski definition) is 1. The van der Waals surface area contributed by atoms with E-state index in [9.17, 15) is 19.5 Å². The number of anilines is 1. The number of pyridine rings is 2. The van der Waals surface area contributed by atoms with E-state index in [1.54, 1.807) is 53.6 Å². The molecule has 0 aliphatic carbocycles. The number of amides is 2. The molecule has 1 spiro atoms. The Labute approximate surface area is 384 Å². The van der Waals surface area contributed by atoms with Crippen LogP contribution in [0, 0.1) is 5.92 Å². The van der Waals surface area contributed by atoms with Crippen molar-refractivity contribution in [1.29, 1.82) is 0 Å². The molecule has 4 aromatic carbocycles. The normalized spacial score (nSPS) is 21.2. The maximum atomic E-state index is 15.8. The third-order valence-corrected chi connectivity index (χ3v) is 18.5.